The highest BCUT2D eigenvalue weighted by atomic mass is 16.2. The Hall–Kier alpha value is -3.43. The molecule has 0 aliphatic carbocycles. The molecular formula is C21H28N6O4. The second kappa shape index (κ2) is 9.15. The topological polar surface area (TPSA) is 120 Å². The van der Waals surface area contributed by atoms with E-state index in [1.165, 1.54) is 8.97 Å². The number of aromatic nitrogens is 4. The van der Waals surface area contributed by atoms with Crippen LogP contribution in [0.25, 0.3) is 16.7 Å². The van der Waals surface area contributed by atoms with Crippen LogP contribution in [0.4, 0.5) is 0 Å². The first-order valence-corrected chi connectivity index (χ1v) is 10.4. The molecule has 2 heterocycles. The molecule has 2 aromatic heterocycles. The van der Waals surface area contributed by atoms with Gasteiger partial charge in [0.15, 0.2) is 0 Å². The molecule has 1 aromatic carbocycles. The number of para-hydroxylation sites is 1. The van der Waals surface area contributed by atoms with E-state index in [1.54, 1.807) is 24.3 Å². The summed E-state index contributed by atoms with van der Waals surface area (Å²) in [6.07, 6.45) is 0.858. The van der Waals surface area contributed by atoms with Gasteiger partial charge in [0.05, 0.1) is 10.9 Å². The maximum Gasteiger partial charge on any atom is 0.352 e. The van der Waals surface area contributed by atoms with Crippen LogP contribution in [-0.4, -0.2) is 42.6 Å². The second-order valence-electron chi connectivity index (χ2n) is 7.90. The number of hydrogen-bond acceptors (Lipinski definition) is 5. The summed E-state index contributed by atoms with van der Waals surface area (Å²) in [5.41, 5.74) is -0.463. The van der Waals surface area contributed by atoms with Crippen molar-refractivity contribution >= 4 is 28.5 Å². The van der Waals surface area contributed by atoms with Crippen LogP contribution in [0.1, 0.15) is 40.5 Å². The van der Waals surface area contributed by atoms with Gasteiger partial charge < -0.3 is 10.6 Å². The summed E-state index contributed by atoms with van der Waals surface area (Å²) in [5, 5.41) is 10.2. The highest BCUT2D eigenvalue weighted by molar-refractivity contribution is 5.80. The van der Waals surface area contributed by atoms with Crippen LogP contribution in [0.15, 0.2) is 33.9 Å². The molecule has 0 saturated carbocycles. The van der Waals surface area contributed by atoms with Gasteiger partial charge in [0.2, 0.25) is 17.6 Å². The number of fused-ring (bicyclic) bond motifs is 3. The minimum atomic E-state index is -0.525. The Morgan fingerprint density at radius 2 is 1.77 bits per heavy atom. The molecule has 166 valence electrons. The van der Waals surface area contributed by atoms with E-state index in [1.807, 2.05) is 27.7 Å². The first kappa shape index (κ1) is 22.3. The molecular weight excluding hydrogens is 400 g/mol. The van der Waals surface area contributed by atoms with Crippen LogP contribution in [0.5, 0.6) is 0 Å². The number of amides is 2. The fraction of sp³-hybridized carbons (Fsp3) is 0.476. The van der Waals surface area contributed by atoms with Crippen molar-refractivity contribution in [3.05, 3.63) is 45.1 Å². The molecule has 0 spiro atoms. The monoisotopic (exact) mass is 428 g/mol. The summed E-state index contributed by atoms with van der Waals surface area (Å²) < 4.78 is 3.66. The first-order valence-electron chi connectivity index (χ1n) is 10.4. The molecule has 0 fully saturated rings. The molecule has 31 heavy (non-hydrogen) atoms. The fourth-order valence-electron chi connectivity index (χ4n) is 3.34. The summed E-state index contributed by atoms with van der Waals surface area (Å²) in [4.78, 5) is 50.6. The van der Waals surface area contributed by atoms with Crippen LogP contribution in [0.2, 0.25) is 0 Å². The Bertz CT molecular complexity index is 1240. The fourth-order valence-corrected chi connectivity index (χ4v) is 3.34. The van der Waals surface area contributed by atoms with Crippen LogP contribution < -0.4 is 21.9 Å². The van der Waals surface area contributed by atoms with E-state index in [0.717, 1.165) is 11.1 Å². The van der Waals surface area contributed by atoms with Gasteiger partial charge in [0.25, 0.3) is 5.56 Å². The molecule has 0 aliphatic rings. The second-order valence-corrected chi connectivity index (χ2v) is 7.90. The number of rotatable bonds is 8. The van der Waals surface area contributed by atoms with Crippen molar-refractivity contribution in [2.24, 2.45) is 0 Å². The number of carbonyl (C=O) groups is 2. The highest BCUT2D eigenvalue weighted by Crippen LogP contribution is 2.11. The van der Waals surface area contributed by atoms with E-state index in [0.29, 0.717) is 10.9 Å². The lowest BCUT2D eigenvalue weighted by molar-refractivity contribution is -0.123. The molecule has 2 N–H and O–H groups in total. The van der Waals surface area contributed by atoms with Gasteiger partial charge in [-0.1, -0.05) is 19.1 Å². The maximum atomic E-state index is 13.1. The highest BCUT2D eigenvalue weighted by Gasteiger charge is 2.19. The van der Waals surface area contributed by atoms with Crippen molar-refractivity contribution in [3.8, 4) is 0 Å². The van der Waals surface area contributed by atoms with Crippen molar-refractivity contribution < 1.29 is 9.59 Å². The number of aryl methyl sites for hydroxylation is 1. The van der Waals surface area contributed by atoms with Gasteiger partial charge in [-0.2, -0.15) is 0 Å². The van der Waals surface area contributed by atoms with Crippen molar-refractivity contribution in [2.45, 2.75) is 65.7 Å². The molecule has 3 rings (SSSR count). The summed E-state index contributed by atoms with van der Waals surface area (Å²) in [6, 6.07) is 6.67. The SMILES string of the molecule is CCC(C)NC(=O)CCn1c(=O)c2ccccc2n2c(=O)n(CC(=O)NC(C)C)nc12. The van der Waals surface area contributed by atoms with E-state index < -0.39 is 5.69 Å². The van der Waals surface area contributed by atoms with Crippen LogP contribution in [0, 0.1) is 0 Å². The van der Waals surface area contributed by atoms with E-state index in [-0.39, 0.29) is 54.7 Å². The Morgan fingerprint density at radius 3 is 2.45 bits per heavy atom. The summed E-state index contributed by atoms with van der Waals surface area (Å²) in [6.45, 7) is 7.30. The molecule has 0 radical (unpaired) electrons. The Balaban J connectivity index is 2.08. The maximum absolute atomic E-state index is 13.1. The predicted octanol–water partition coefficient (Wildman–Crippen LogP) is 0.640. The van der Waals surface area contributed by atoms with Gasteiger partial charge in [0.1, 0.15) is 6.54 Å². The van der Waals surface area contributed by atoms with E-state index in [2.05, 4.69) is 15.7 Å². The molecule has 10 heteroatoms. The molecule has 1 atom stereocenters. The van der Waals surface area contributed by atoms with E-state index >= 15 is 0 Å². The van der Waals surface area contributed by atoms with E-state index in [9.17, 15) is 19.2 Å². The quantitative estimate of drug-likeness (QED) is 0.546. The van der Waals surface area contributed by atoms with Gasteiger partial charge >= 0.3 is 5.69 Å². The Labute approximate surface area is 178 Å². The molecule has 0 saturated heterocycles. The third-order valence-corrected chi connectivity index (χ3v) is 5.01. The summed E-state index contributed by atoms with van der Waals surface area (Å²) in [7, 11) is 0. The average molecular weight is 428 g/mol. The predicted molar refractivity (Wildman–Crippen MR) is 117 cm³/mol. The lowest BCUT2D eigenvalue weighted by Gasteiger charge is -2.12. The molecule has 10 nitrogen and oxygen atoms in total. The van der Waals surface area contributed by atoms with Crippen molar-refractivity contribution in [2.75, 3.05) is 0 Å². The minimum Gasteiger partial charge on any atom is -0.354 e. The molecule has 0 bridgehead atoms. The lowest BCUT2D eigenvalue weighted by atomic mass is 10.2. The van der Waals surface area contributed by atoms with Crippen LogP contribution in [0.3, 0.4) is 0 Å². The van der Waals surface area contributed by atoms with Crippen LogP contribution in [-0.2, 0) is 22.7 Å². The van der Waals surface area contributed by atoms with Crippen molar-refractivity contribution in [3.63, 3.8) is 0 Å². The number of benzene rings is 1. The summed E-state index contributed by atoms with van der Waals surface area (Å²) in [5.74, 6) is -0.445. The van der Waals surface area contributed by atoms with E-state index in [4.69, 9.17) is 0 Å². The van der Waals surface area contributed by atoms with Gasteiger partial charge in [-0.25, -0.2) is 13.9 Å². The number of nitrogens with zero attached hydrogens (tertiary/aromatic N) is 4. The molecule has 1 unspecified atom stereocenters. The van der Waals surface area contributed by atoms with Gasteiger partial charge in [-0.15, -0.1) is 5.10 Å². The zero-order valence-corrected chi connectivity index (χ0v) is 18.2. The normalized spacial score (nSPS) is 12.4. The van der Waals surface area contributed by atoms with Gasteiger partial charge in [0, 0.05) is 25.0 Å². The number of hydrogen-bond donors (Lipinski definition) is 2. The lowest BCUT2D eigenvalue weighted by Crippen LogP contribution is -2.36. The number of carbonyl (C=O) groups excluding carboxylic acids is 2. The van der Waals surface area contributed by atoms with Crippen molar-refractivity contribution in [1.29, 1.82) is 0 Å². The van der Waals surface area contributed by atoms with Gasteiger partial charge in [-0.3, -0.25) is 19.0 Å². The molecule has 0 aliphatic heterocycles. The third-order valence-electron chi connectivity index (χ3n) is 5.01. The molecule has 2 amide bonds. The van der Waals surface area contributed by atoms with Crippen molar-refractivity contribution in [1.82, 2.24) is 29.4 Å². The van der Waals surface area contributed by atoms with Crippen LogP contribution >= 0.6 is 0 Å². The Morgan fingerprint density at radius 1 is 1.06 bits per heavy atom. The first-order chi connectivity index (χ1) is 14.7. The van der Waals surface area contributed by atoms with Gasteiger partial charge in [-0.05, 0) is 39.3 Å². The standard InChI is InChI=1S/C21H28N6O4/c1-5-14(4)23-17(28)10-11-25-19(30)15-8-6-7-9-16(15)27-20(25)24-26(21(27)31)12-18(29)22-13(2)3/h6-9,13-14H,5,10-12H2,1-4H3,(H,22,29)(H,23,28). The largest absolute Gasteiger partial charge is 0.354 e. The smallest absolute Gasteiger partial charge is 0.352 e. The zero-order valence-electron chi connectivity index (χ0n) is 18.2. The average Bonchev–Trinajstić information content (AvgIpc) is 3.03. The Kier molecular flexibility index (Phi) is 6.57. The zero-order chi connectivity index (χ0) is 22.7. The summed E-state index contributed by atoms with van der Waals surface area (Å²) >= 11 is 0. The molecule has 3 aromatic rings. The third kappa shape index (κ3) is 4.68. The number of nitrogens with one attached hydrogen (secondary N) is 2. The minimum absolute atomic E-state index is 0.0298.